The topological polar surface area (TPSA) is 56.8 Å². The fourth-order valence-corrected chi connectivity index (χ4v) is 4.19. The molecule has 2 saturated heterocycles. The highest BCUT2D eigenvalue weighted by molar-refractivity contribution is 5.94. The second-order valence-corrected chi connectivity index (χ2v) is 7.49. The molecule has 0 radical (unpaired) electrons. The Morgan fingerprint density at radius 1 is 1.23 bits per heavy atom. The zero-order valence-corrected chi connectivity index (χ0v) is 16.2. The molecule has 3 rings (SSSR count). The Morgan fingerprint density at radius 2 is 2.04 bits per heavy atom. The quantitative estimate of drug-likeness (QED) is 0.827. The normalized spacial score (nSPS) is 24.8. The van der Waals surface area contributed by atoms with Gasteiger partial charge in [-0.05, 0) is 45.4 Å². The molecule has 0 saturated carbocycles. The zero-order valence-electron chi connectivity index (χ0n) is 16.2. The molecule has 1 aromatic rings. The van der Waals surface area contributed by atoms with Crippen molar-refractivity contribution in [2.75, 3.05) is 39.8 Å². The van der Waals surface area contributed by atoms with Gasteiger partial charge in [0.1, 0.15) is 0 Å². The van der Waals surface area contributed by atoms with Gasteiger partial charge in [-0.2, -0.15) is 0 Å². The van der Waals surface area contributed by atoms with E-state index < -0.39 is 0 Å². The number of aromatic nitrogens is 1. The predicted octanol–water partition coefficient (Wildman–Crippen LogP) is 1.80. The molecule has 2 fully saturated rings. The summed E-state index contributed by atoms with van der Waals surface area (Å²) in [5.74, 6) is 0.320. The van der Waals surface area contributed by atoms with Gasteiger partial charge in [0.25, 0.3) is 5.91 Å². The smallest absolute Gasteiger partial charge is 0.254 e. The third-order valence-corrected chi connectivity index (χ3v) is 6.10. The van der Waals surface area contributed by atoms with Gasteiger partial charge in [-0.15, -0.1) is 0 Å². The van der Waals surface area contributed by atoms with E-state index in [0.717, 1.165) is 56.7 Å². The maximum absolute atomic E-state index is 13.1. The van der Waals surface area contributed by atoms with E-state index in [1.165, 1.54) is 0 Å². The van der Waals surface area contributed by atoms with E-state index in [9.17, 15) is 9.59 Å². The van der Waals surface area contributed by atoms with Gasteiger partial charge in [-0.1, -0.05) is 6.92 Å². The summed E-state index contributed by atoms with van der Waals surface area (Å²) in [6, 6.07) is 3.71. The maximum atomic E-state index is 13.1. The Hall–Kier alpha value is -1.95. The lowest BCUT2D eigenvalue weighted by Crippen LogP contribution is -2.62. The van der Waals surface area contributed by atoms with E-state index in [1.54, 1.807) is 6.20 Å². The number of carbonyl (C=O) groups is 2. The number of likely N-dealkylation sites (tertiary alicyclic amines) is 1. The standard InChI is InChI=1S/C20H30N4O2/c1-4-17-14-16(7-10-21-17)19(26)24-13-12-22(3)20(15-24)8-6-18(25)23(5-2)11-9-20/h7,10,14H,4-6,8-9,11-13,15H2,1-3H3/t20-/m0/s1. The molecule has 0 aliphatic carbocycles. The fraction of sp³-hybridized carbons (Fsp3) is 0.650. The SMILES string of the molecule is CCc1cc(C(=O)N2CCN(C)[C@]3(CCC(=O)N(CC)CC3)C2)ccn1. The lowest BCUT2D eigenvalue weighted by molar-refractivity contribution is -0.130. The van der Waals surface area contributed by atoms with Crippen molar-refractivity contribution >= 4 is 11.8 Å². The van der Waals surface area contributed by atoms with Crippen LogP contribution in [0.4, 0.5) is 0 Å². The predicted molar refractivity (Wildman–Crippen MR) is 101 cm³/mol. The Labute approximate surface area is 156 Å². The van der Waals surface area contributed by atoms with Crippen LogP contribution < -0.4 is 0 Å². The van der Waals surface area contributed by atoms with Gasteiger partial charge in [0.15, 0.2) is 0 Å². The molecule has 0 N–H and O–H groups in total. The summed E-state index contributed by atoms with van der Waals surface area (Å²) < 4.78 is 0. The molecule has 2 aliphatic heterocycles. The molecular weight excluding hydrogens is 328 g/mol. The van der Waals surface area contributed by atoms with E-state index in [2.05, 4.69) is 16.9 Å². The summed E-state index contributed by atoms with van der Waals surface area (Å²) in [6.07, 6.45) is 4.85. The van der Waals surface area contributed by atoms with Crippen LogP contribution in [0.1, 0.15) is 49.2 Å². The Kier molecular flexibility index (Phi) is 5.61. The van der Waals surface area contributed by atoms with Gasteiger partial charge in [-0.25, -0.2) is 0 Å². The number of pyridine rings is 1. The summed E-state index contributed by atoms with van der Waals surface area (Å²) in [7, 11) is 2.13. The van der Waals surface area contributed by atoms with Gasteiger partial charge < -0.3 is 9.80 Å². The van der Waals surface area contributed by atoms with Crippen LogP contribution in [0.25, 0.3) is 0 Å². The van der Waals surface area contributed by atoms with Crippen molar-refractivity contribution in [3.05, 3.63) is 29.6 Å². The average Bonchev–Trinajstić information content (AvgIpc) is 2.83. The van der Waals surface area contributed by atoms with E-state index in [1.807, 2.05) is 35.8 Å². The van der Waals surface area contributed by atoms with E-state index in [0.29, 0.717) is 13.0 Å². The molecule has 0 bridgehead atoms. The zero-order chi connectivity index (χ0) is 18.7. The molecule has 6 heteroatoms. The Balaban J connectivity index is 1.79. The molecule has 142 valence electrons. The van der Waals surface area contributed by atoms with Crippen molar-refractivity contribution in [1.82, 2.24) is 19.7 Å². The van der Waals surface area contributed by atoms with Crippen LogP contribution in [-0.4, -0.2) is 76.8 Å². The number of nitrogens with zero attached hydrogens (tertiary/aromatic N) is 4. The Morgan fingerprint density at radius 3 is 2.77 bits per heavy atom. The molecule has 1 spiro atoms. The molecule has 6 nitrogen and oxygen atoms in total. The van der Waals surface area contributed by atoms with Crippen molar-refractivity contribution in [2.24, 2.45) is 0 Å². The number of aryl methyl sites for hydroxylation is 1. The van der Waals surface area contributed by atoms with Crippen molar-refractivity contribution in [2.45, 2.75) is 45.1 Å². The number of amides is 2. The molecular formula is C20H30N4O2. The summed E-state index contributed by atoms with van der Waals surface area (Å²) in [6.45, 7) is 7.88. The van der Waals surface area contributed by atoms with Crippen LogP contribution in [-0.2, 0) is 11.2 Å². The first-order valence-corrected chi connectivity index (χ1v) is 9.72. The lowest BCUT2D eigenvalue weighted by Gasteiger charge is -2.49. The molecule has 0 unspecified atom stereocenters. The van der Waals surface area contributed by atoms with Crippen LogP contribution in [0.3, 0.4) is 0 Å². The van der Waals surface area contributed by atoms with Crippen molar-refractivity contribution in [3.8, 4) is 0 Å². The first-order valence-electron chi connectivity index (χ1n) is 9.72. The molecule has 0 aromatic carbocycles. The monoisotopic (exact) mass is 358 g/mol. The number of likely N-dealkylation sites (N-methyl/N-ethyl adjacent to an activating group) is 1. The molecule has 2 aliphatic rings. The third kappa shape index (κ3) is 3.61. The first kappa shape index (κ1) is 18.8. The highest BCUT2D eigenvalue weighted by Crippen LogP contribution is 2.32. The van der Waals surface area contributed by atoms with Crippen LogP contribution >= 0.6 is 0 Å². The number of piperazine rings is 1. The molecule has 3 heterocycles. The van der Waals surface area contributed by atoms with Crippen molar-refractivity contribution < 1.29 is 9.59 Å². The summed E-state index contributed by atoms with van der Waals surface area (Å²) in [5.41, 5.74) is 1.56. The second kappa shape index (κ2) is 7.74. The largest absolute Gasteiger partial charge is 0.343 e. The first-order chi connectivity index (χ1) is 12.5. The fourth-order valence-electron chi connectivity index (χ4n) is 4.19. The summed E-state index contributed by atoms with van der Waals surface area (Å²) in [5, 5.41) is 0. The minimum Gasteiger partial charge on any atom is -0.343 e. The highest BCUT2D eigenvalue weighted by atomic mass is 16.2. The van der Waals surface area contributed by atoms with E-state index >= 15 is 0 Å². The summed E-state index contributed by atoms with van der Waals surface area (Å²) in [4.78, 5) is 36.0. The lowest BCUT2D eigenvalue weighted by atomic mass is 9.86. The molecule has 1 aromatic heterocycles. The van der Waals surface area contributed by atoms with Gasteiger partial charge in [0.2, 0.25) is 5.91 Å². The van der Waals surface area contributed by atoms with Crippen molar-refractivity contribution in [1.29, 1.82) is 0 Å². The van der Waals surface area contributed by atoms with Crippen molar-refractivity contribution in [3.63, 3.8) is 0 Å². The summed E-state index contributed by atoms with van der Waals surface area (Å²) >= 11 is 0. The Bertz CT molecular complexity index is 678. The minimum atomic E-state index is -0.103. The van der Waals surface area contributed by atoms with E-state index in [-0.39, 0.29) is 17.4 Å². The van der Waals surface area contributed by atoms with Gasteiger partial charge in [-0.3, -0.25) is 19.5 Å². The third-order valence-electron chi connectivity index (χ3n) is 6.10. The van der Waals surface area contributed by atoms with Crippen LogP contribution in [0.5, 0.6) is 0 Å². The van der Waals surface area contributed by atoms with Crippen LogP contribution in [0.2, 0.25) is 0 Å². The number of hydrogen-bond donors (Lipinski definition) is 0. The van der Waals surface area contributed by atoms with E-state index in [4.69, 9.17) is 0 Å². The average molecular weight is 358 g/mol. The maximum Gasteiger partial charge on any atom is 0.254 e. The van der Waals surface area contributed by atoms with Gasteiger partial charge >= 0.3 is 0 Å². The number of hydrogen-bond acceptors (Lipinski definition) is 4. The second-order valence-electron chi connectivity index (χ2n) is 7.49. The molecule has 26 heavy (non-hydrogen) atoms. The van der Waals surface area contributed by atoms with Gasteiger partial charge in [0.05, 0.1) is 0 Å². The number of carbonyl (C=O) groups excluding carboxylic acids is 2. The molecule has 2 amide bonds. The number of rotatable bonds is 3. The van der Waals surface area contributed by atoms with Crippen LogP contribution in [0, 0.1) is 0 Å². The molecule has 1 atom stereocenters. The van der Waals surface area contributed by atoms with Gasteiger partial charge in [0, 0.05) is 62.1 Å². The minimum absolute atomic E-state index is 0.0810. The van der Waals surface area contributed by atoms with Crippen LogP contribution in [0.15, 0.2) is 18.3 Å². The highest BCUT2D eigenvalue weighted by Gasteiger charge is 2.43.